The van der Waals surface area contributed by atoms with Crippen LogP contribution in [0.15, 0.2) is 42.0 Å². The first kappa shape index (κ1) is 14.9. The Morgan fingerprint density at radius 3 is 2.70 bits per heavy atom. The van der Waals surface area contributed by atoms with Gasteiger partial charge in [-0.2, -0.15) is 0 Å². The molecule has 0 heterocycles. The minimum atomic E-state index is -0.0614. The van der Waals surface area contributed by atoms with Crippen molar-refractivity contribution in [1.82, 2.24) is 0 Å². The second-order valence-corrected chi connectivity index (χ2v) is 5.28. The first-order valence-electron chi connectivity index (χ1n) is 7.09. The lowest BCUT2D eigenvalue weighted by Crippen LogP contribution is -2.22. The number of hydrogen-bond acceptors (Lipinski definition) is 3. The van der Waals surface area contributed by atoms with E-state index in [9.17, 15) is 4.79 Å². The van der Waals surface area contributed by atoms with Crippen molar-refractivity contribution in [3.05, 3.63) is 47.5 Å². The van der Waals surface area contributed by atoms with Crippen molar-refractivity contribution in [2.75, 3.05) is 13.7 Å². The van der Waals surface area contributed by atoms with Gasteiger partial charge in [0.1, 0.15) is 6.29 Å². The third kappa shape index (κ3) is 4.58. The number of ether oxygens (including phenoxy) is 2. The zero-order valence-corrected chi connectivity index (χ0v) is 12.0. The van der Waals surface area contributed by atoms with Crippen molar-refractivity contribution < 1.29 is 14.3 Å². The highest BCUT2D eigenvalue weighted by molar-refractivity contribution is 5.51. The molecule has 108 valence electrons. The highest BCUT2D eigenvalue weighted by Gasteiger charge is 2.24. The van der Waals surface area contributed by atoms with Crippen LogP contribution in [-0.2, 0) is 20.9 Å². The molecule has 1 aliphatic rings. The van der Waals surface area contributed by atoms with E-state index >= 15 is 0 Å². The van der Waals surface area contributed by atoms with E-state index in [0.29, 0.717) is 18.9 Å². The van der Waals surface area contributed by atoms with E-state index in [1.54, 1.807) is 7.11 Å². The monoisotopic (exact) mass is 274 g/mol. The summed E-state index contributed by atoms with van der Waals surface area (Å²) in [6.07, 6.45) is 5.50. The summed E-state index contributed by atoms with van der Waals surface area (Å²) in [6, 6.07) is 10.2. The molecule has 0 amide bonds. The summed E-state index contributed by atoms with van der Waals surface area (Å²) in [5.74, 6) is 0.610. The summed E-state index contributed by atoms with van der Waals surface area (Å²) in [5, 5.41) is 0. The van der Waals surface area contributed by atoms with Crippen LogP contribution in [-0.4, -0.2) is 26.1 Å². The first-order valence-corrected chi connectivity index (χ1v) is 7.09. The van der Waals surface area contributed by atoms with E-state index in [4.69, 9.17) is 9.47 Å². The number of benzene rings is 1. The Morgan fingerprint density at radius 2 is 2.05 bits per heavy atom. The van der Waals surface area contributed by atoms with Crippen LogP contribution >= 0.6 is 0 Å². The van der Waals surface area contributed by atoms with E-state index in [1.807, 2.05) is 18.2 Å². The molecule has 0 aromatic heterocycles. The Bertz CT molecular complexity index is 431. The van der Waals surface area contributed by atoms with Crippen LogP contribution < -0.4 is 0 Å². The molecule has 1 aromatic carbocycles. The van der Waals surface area contributed by atoms with Crippen molar-refractivity contribution in [3.8, 4) is 0 Å². The fourth-order valence-electron chi connectivity index (χ4n) is 2.44. The number of carbonyl (C=O) groups excluding carboxylic acids is 1. The smallest absolute Gasteiger partial charge is 0.122 e. The van der Waals surface area contributed by atoms with E-state index in [2.05, 4.69) is 18.2 Å². The van der Waals surface area contributed by atoms with Gasteiger partial charge < -0.3 is 14.3 Å². The molecule has 2 rings (SSSR count). The highest BCUT2D eigenvalue weighted by atomic mass is 16.5. The van der Waals surface area contributed by atoms with Crippen molar-refractivity contribution in [2.24, 2.45) is 5.92 Å². The molecule has 1 atom stereocenters. The third-order valence-electron chi connectivity index (χ3n) is 3.62. The lowest BCUT2D eigenvalue weighted by atomic mass is 9.80. The van der Waals surface area contributed by atoms with Gasteiger partial charge in [0.05, 0.1) is 19.3 Å². The van der Waals surface area contributed by atoms with Gasteiger partial charge in [-0.25, -0.2) is 0 Å². The van der Waals surface area contributed by atoms with Crippen molar-refractivity contribution in [1.29, 1.82) is 0 Å². The van der Waals surface area contributed by atoms with Crippen molar-refractivity contribution in [2.45, 2.75) is 32.0 Å². The summed E-state index contributed by atoms with van der Waals surface area (Å²) in [4.78, 5) is 10.5. The second kappa shape index (κ2) is 7.98. The number of hydrogen-bond donors (Lipinski definition) is 0. The number of methoxy groups -OCH3 is 1. The van der Waals surface area contributed by atoms with Crippen molar-refractivity contribution in [3.63, 3.8) is 0 Å². The van der Waals surface area contributed by atoms with Gasteiger partial charge >= 0.3 is 0 Å². The number of carbonyl (C=O) groups is 1. The SMILES string of the molecule is COC(C=C1CC(COCc2ccccc2)C1)CC=O. The molecule has 3 heteroatoms. The average molecular weight is 274 g/mol. The van der Waals surface area contributed by atoms with Gasteiger partial charge in [-0.15, -0.1) is 0 Å². The second-order valence-electron chi connectivity index (χ2n) is 5.28. The topological polar surface area (TPSA) is 35.5 Å². The summed E-state index contributed by atoms with van der Waals surface area (Å²) < 4.78 is 11.0. The van der Waals surface area contributed by atoms with E-state index in [-0.39, 0.29) is 6.10 Å². The van der Waals surface area contributed by atoms with Gasteiger partial charge in [0.15, 0.2) is 0 Å². The maximum atomic E-state index is 10.5. The molecule has 1 saturated carbocycles. The lowest BCUT2D eigenvalue weighted by molar-refractivity contribution is -0.109. The largest absolute Gasteiger partial charge is 0.377 e. The summed E-state index contributed by atoms with van der Waals surface area (Å²) in [5.41, 5.74) is 2.60. The summed E-state index contributed by atoms with van der Waals surface area (Å²) in [6.45, 7) is 1.49. The fraction of sp³-hybridized carbons (Fsp3) is 0.471. The number of rotatable bonds is 8. The van der Waals surface area contributed by atoms with Crippen molar-refractivity contribution >= 4 is 6.29 Å². The highest BCUT2D eigenvalue weighted by Crippen LogP contribution is 2.33. The third-order valence-corrected chi connectivity index (χ3v) is 3.62. The van der Waals surface area contributed by atoms with Gasteiger partial charge in [-0.05, 0) is 24.3 Å². The van der Waals surface area contributed by atoms with Gasteiger partial charge in [-0.1, -0.05) is 42.0 Å². The molecule has 1 fully saturated rings. The molecule has 0 aliphatic heterocycles. The molecule has 0 N–H and O–H groups in total. The van der Waals surface area contributed by atoms with Crippen LogP contribution in [0.2, 0.25) is 0 Å². The zero-order chi connectivity index (χ0) is 14.2. The quantitative estimate of drug-likeness (QED) is 0.539. The fourth-order valence-corrected chi connectivity index (χ4v) is 2.44. The molecule has 20 heavy (non-hydrogen) atoms. The Labute approximate surface area is 120 Å². The minimum absolute atomic E-state index is 0.0614. The molecule has 1 aliphatic carbocycles. The molecule has 0 saturated heterocycles. The predicted molar refractivity (Wildman–Crippen MR) is 78.4 cm³/mol. The van der Waals surface area contributed by atoms with Gasteiger partial charge in [-0.3, -0.25) is 0 Å². The predicted octanol–water partition coefficient (Wildman–Crippen LogP) is 3.14. The van der Waals surface area contributed by atoms with Crippen LogP contribution in [0.1, 0.15) is 24.8 Å². The normalized spacial score (nSPS) is 19.2. The number of allylic oxidation sites excluding steroid dienone is 1. The molecule has 3 nitrogen and oxygen atoms in total. The maximum Gasteiger partial charge on any atom is 0.122 e. The van der Waals surface area contributed by atoms with Gasteiger partial charge in [0, 0.05) is 13.5 Å². The minimum Gasteiger partial charge on any atom is -0.377 e. The maximum absolute atomic E-state index is 10.5. The van der Waals surface area contributed by atoms with Gasteiger partial charge in [0.2, 0.25) is 0 Å². The van der Waals surface area contributed by atoms with Crippen LogP contribution in [0.25, 0.3) is 0 Å². The molecular formula is C17H22O3. The van der Waals surface area contributed by atoms with E-state index < -0.39 is 0 Å². The number of aldehydes is 1. The molecule has 0 bridgehead atoms. The lowest BCUT2D eigenvalue weighted by Gasteiger charge is -2.30. The molecule has 1 unspecified atom stereocenters. The van der Waals surface area contributed by atoms with E-state index in [1.165, 1.54) is 11.1 Å². The first-order chi connectivity index (χ1) is 9.81. The average Bonchev–Trinajstić information content (AvgIpc) is 2.44. The molecule has 1 aromatic rings. The Hall–Kier alpha value is -1.45. The summed E-state index contributed by atoms with van der Waals surface area (Å²) >= 11 is 0. The Balaban J connectivity index is 1.64. The van der Waals surface area contributed by atoms with Crippen LogP contribution in [0.4, 0.5) is 0 Å². The van der Waals surface area contributed by atoms with E-state index in [0.717, 1.165) is 25.7 Å². The van der Waals surface area contributed by atoms with Crippen LogP contribution in [0.5, 0.6) is 0 Å². The Morgan fingerprint density at radius 1 is 1.30 bits per heavy atom. The van der Waals surface area contributed by atoms with Crippen LogP contribution in [0, 0.1) is 5.92 Å². The molecule has 0 radical (unpaired) electrons. The van der Waals surface area contributed by atoms with Gasteiger partial charge in [0.25, 0.3) is 0 Å². The summed E-state index contributed by atoms with van der Waals surface area (Å²) in [7, 11) is 1.64. The Kier molecular flexibility index (Phi) is 5.96. The molecular weight excluding hydrogens is 252 g/mol. The standard InChI is InChI=1S/C17H22O3/c1-19-17(7-8-18)11-15-9-16(10-15)13-20-12-14-5-3-2-4-6-14/h2-6,8,11,16-17H,7,9-10,12-13H2,1H3. The molecule has 0 spiro atoms. The van der Waals surface area contributed by atoms with Crippen LogP contribution in [0.3, 0.4) is 0 Å². The zero-order valence-electron chi connectivity index (χ0n) is 12.0.